The number of rotatable bonds is 4. The number of benzene rings is 1. The van der Waals surface area contributed by atoms with Gasteiger partial charge in [-0.25, -0.2) is 9.37 Å². The average molecular weight is 252 g/mol. The number of aromatic nitrogens is 1. The standard InChI is InChI=1S/C12H13FN2OS/c1-16-10-4-2-3-9(13)11(10)12-15-8(5-6-14)7-17-12/h2-4,7H,5-6,14H2,1H3. The van der Waals surface area contributed by atoms with Crippen molar-refractivity contribution in [2.45, 2.75) is 6.42 Å². The summed E-state index contributed by atoms with van der Waals surface area (Å²) in [5.74, 6) is 0.177. The van der Waals surface area contributed by atoms with Crippen molar-refractivity contribution in [3.05, 3.63) is 35.1 Å². The lowest BCUT2D eigenvalue weighted by Crippen LogP contribution is -2.02. The molecular weight excluding hydrogens is 239 g/mol. The van der Waals surface area contributed by atoms with E-state index >= 15 is 0 Å². The molecule has 1 heterocycles. The van der Waals surface area contributed by atoms with E-state index in [1.807, 2.05) is 5.38 Å². The maximum Gasteiger partial charge on any atom is 0.137 e. The molecule has 0 amide bonds. The Hall–Kier alpha value is -1.46. The number of nitrogens with zero attached hydrogens (tertiary/aromatic N) is 1. The molecule has 0 saturated carbocycles. The van der Waals surface area contributed by atoms with Crippen LogP contribution in [0.1, 0.15) is 5.69 Å². The second-order valence-corrected chi connectivity index (χ2v) is 4.36. The Morgan fingerprint density at radius 1 is 1.47 bits per heavy atom. The molecule has 0 radical (unpaired) electrons. The van der Waals surface area contributed by atoms with Crippen molar-refractivity contribution >= 4 is 11.3 Å². The summed E-state index contributed by atoms with van der Waals surface area (Å²) in [7, 11) is 1.52. The van der Waals surface area contributed by atoms with Crippen LogP contribution < -0.4 is 10.5 Å². The highest BCUT2D eigenvalue weighted by Crippen LogP contribution is 2.34. The molecule has 0 aliphatic rings. The van der Waals surface area contributed by atoms with Gasteiger partial charge in [-0.3, -0.25) is 0 Å². The Kier molecular flexibility index (Phi) is 3.71. The maximum atomic E-state index is 13.8. The molecule has 0 aliphatic carbocycles. The van der Waals surface area contributed by atoms with Crippen LogP contribution in [-0.2, 0) is 6.42 Å². The van der Waals surface area contributed by atoms with E-state index in [1.165, 1.54) is 24.5 Å². The fraction of sp³-hybridized carbons (Fsp3) is 0.250. The molecule has 0 bridgehead atoms. The quantitative estimate of drug-likeness (QED) is 0.909. The summed E-state index contributed by atoms with van der Waals surface area (Å²) in [4.78, 5) is 4.36. The second kappa shape index (κ2) is 5.25. The molecule has 0 fully saturated rings. The molecule has 0 saturated heterocycles. The third-order valence-electron chi connectivity index (χ3n) is 2.36. The Morgan fingerprint density at radius 2 is 2.29 bits per heavy atom. The van der Waals surface area contributed by atoms with Gasteiger partial charge in [0.25, 0.3) is 0 Å². The summed E-state index contributed by atoms with van der Waals surface area (Å²) >= 11 is 1.40. The highest BCUT2D eigenvalue weighted by Gasteiger charge is 2.14. The maximum absolute atomic E-state index is 13.8. The van der Waals surface area contributed by atoms with Crippen LogP contribution in [0.3, 0.4) is 0 Å². The van der Waals surface area contributed by atoms with Crippen molar-refractivity contribution in [3.63, 3.8) is 0 Å². The van der Waals surface area contributed by atoms with Crippen LogP contribution in [0.5, 0.6) is 5.75 Å². The molecule has 0 unspecified atom stereocenters. The minimum Gasteiger partial charge on any atom is -0.496 e. The van der Waals surface area contributed by atoms with Gasteiger partial charge in [-0.2, -0.15) is 0 Å². The van der Waals surface area contributed by atoms with Crippen molar-refractivity contribution < 1.29 is 9.13 Å². The van der Waals surface area contributed by atoms with Gasteiger partial charge in [-0.1, -0.05) is 6.07 Å². The van der Waals surface area contributed by atoms with Gasteiger partial charge < -0.3 is 10.5 Å². The van der Waals surface area contributed by atoms with Crippen molar-refractivity contribution in [1.29, 1.82) is 0 Å². The first-order valence-electron chi connectivity index (χ1n) is 5.23. The third-order valence-corrected chi connectivity index (χ3v) is 3.27. The van der Waals surface area contributed by atoms with Gasteiger partial charge in [0.05, 0.1) is 18.4 Å². The average Bonchev–Trinajstić information content (AvgIpc) is 2.77. The van der Waals surface area contributed by atoms with Crippen molar-refractivity contribution in [1.82, 2.24) is 4.98 Å². The van der Waals surface area contributed by atoms with Gasteiger partial charge in [-0.15, -0.1) is 11.3 Å². The lowest BCUT2D eigenvalue weighted by atomic mass is 10.2. The highest BCUT2D eigenvalue weighted by molar-refractivity contribution is 7.13. The molecule has 17 heavy (non-hydrogen) atoms. The first kappa shape index (κ1) is 12.0. The van der Waals surface area contributed by atoms with Gasteiger partial charge in [0.15, 0.2) is 0 Å². The molecule has 2 aromatic rings. The number of halogens is 1. The lowest BCUT2D eigenvalue weighted by Gasteiger charge is -2.06. The van der Waals surface area contributed by atoms with E-state index in [9.17, 15) is 4.39 Å². The SMILES string of the molecule is COc1cccc(F)c1-c1nc(CCN)cs1. The minimum atomic E-state index is -0.321. The van der Waals surface area contributed by atoms with Crippen LogP contribution in [0.4, 0.5) is 4.39 Å². The third kappa shape index (κ3) is 2.45. The molecule has 3 nitrogen and oxygen atoms in total. The van der Waals surface area contributed by atoms with E-state index in [4.69, 9.17) is 10.5 Å². The molecule has 0 aliphatic heterocycles. The van der Waals surface area contributed by atoms with Crippen LogP contribution in [0, 0.1) is 5.82 Å². The number of hydrogen-bond acceptors (Lipinski definition) is 4. The zero-order chi connectivity index (χ0) is 12.3. The van der Waals surface area contributed by atoms with Gasteiger partial charge in [0, 0.05) is 11.8 Å². The predicted octanol–water partition coefficient (Wildman–Crippen LogP) is 2.46. The Bertz CT molecular complexity index is 513. The van der Waals surface area contributed by atoms with E-state index in [2.05, 4.69) is 4.98 Å². The van der Waals surface area contributed by atoms with E-state index in [1.54, 1.807) is 12.1 Å². The van der Waals surface area contributed by atoms with Gasteiger partial charge in [0.2, 0.25) is 0 Å². The molecule has 2 rings (SSSR count). The topological polar surface area (TPSA) is 48.1 Å². The summed E-state index contributed by atoms with van der Waals surface area (Å²) in [6.07, 6.45) is 0.702. The number of nitrogens with two attached hydrogens (primary N) is 1. The molecule has 1 aromatic carbocycles. The number of hydrogen-bond donors (Lipinski definition) is 1. The van der Waals surface area contributed by atoms with Crippen LogP contribution in [0.25, 0.3) is 10.6 Å². The normalized spacial score (nSPS) is 10.5. The van der Waals surface area contributed by atoms with E-state index in [0.29, 0.717) is 29.3 Å². The summed E-state index contributed by atoms with van der Waals surface area (Å²) in [6.45, 7) is 0.539. The molecule has 5 heteroatoms. The van der Waals surface area contributed by atoms with E-state index < -0.39 is 0 Å². The minimum absolute atomic E-state index is 0.321. The Morgan fingerprint density at radius 3 is 3.00 bits per heavy atom. The van der Waals surface area contributed by atoms with E-state index in [-0.39, 0.29) is 5.82 Å². The van der Waals surface area contributed by atoms with Crippen LogP contribution >= 0.6 is 11.3 Å². The van der Waals surface area contributed by atoms with Crippen molar-refractivity contribution in [2.75, 3.05) is 13.7 Å². The van der Waals surface area contributed by atoms with Crippen molar-refractivity contribution in [3.8, 4) is 16.3 Å². The monoisotopic (exact) mass is 252 g/mol. The number of thiazole rings is 1. The fourth-order valence-electron chi connectivity index (χ4n) is 1.57. The van der Waals surface area contributed by atoms with Gasteiger partial charge in [0.1, 0.15) is 16.6 Å². The molecule has 90 valence electrons. The molecule has 2 N–H and O–H groups in total. The molecule has 0 atom stereocenters. The first-order valence-corrected chi connectivity index (χ1v) is 6.11. The van der Waals surface area contributed by atoms with Crippen LogP contribution in [-0.4, -0.2) is 18.6 Å². The van der Waals surface area contributed by atoms with Crippen LogP contribution in [0.15, 0.2) is 23.6 Å². The number of ether oxygens (including phenoxy) is 1. The smallest absolute Gasteiger partial charge is 0.137 e. The zero-order valence-corrected chi connectivity index (χ0v) is 10.3. The van der Waals surface area contributed by atoms with Crippen molar-refractivity contribution in [2.24, 2.45) is 5.73 Å². The lowest BCUT2D eigenvalue weighted by molar-refractivity contribution is 0.413. The fourth-order valence-corrected chi connectivity index (χ4v) is 2.47. The second-order valence-electron chi connectivity index (χ2n) is 3.50. The van der Waals surface area contributed by atoms with Gasteiger partial charge >= 0.3 is 0 Å². The summed E-state index contributed by atoms with van der Waals surface area (Å²) in [6, 6.07) is 4.75. The molecule has 1 aromatic heterocycles. The van der Waals surface area contributed by atoms with Gasteiger partial charge in [-0.05, 0) is 18.7 Å². The predicted molar refractivity (Wildman–Crippen MR) is 66.8 cm³/mol. The Labute approximate surface area is 103 Å². The molecule has 0 spiro atoms. The number of methoxy groups -OCH3 is 1. The highest BCUT2D eigenvalue weighted by atomic mass is 32.1. The first-order chi connectivity index (χ1) is 8.26. The largest absolute Gasteiger partial charge is 0.496 e. The summed E-state index contributed by atoms with van der Waals surface area (Å²) in [5.41, 5.74) is 6.77. The molecular formula is C12H13FN2OS. The van der Waals surface area contributed by atoms with Crippen LogP contribution in [0.2, 0.25) is 0 Å². The summed E-state index contributed by atoms with van der Waals surface area (Å²) < 4.78 is 18.9. The van der Waals surface area contributed by atoms with E-state index in [0.717, 1.165) is 5.69 Å². The summed E-state index contributed by atoms with van der Waals surface area (Å²) in [5, 5.41) is 2.53. The zero-order valence-electron chi connectivity index (χ0n) is 9.44. The Balaban J connectivity index is 2.44.